The number of hydrogen-bond acceptors (Lipinski definition) is 3. The molecule has 1 fully saturated rings. The highest BCUT2D eigenvalue weighted by molar-refractivity contribution is 9.10. The van der Waals surface area contributed by atoms with Crippen LogP contribution in [0, 0.1) is 5.92 Å². The van der Waals surface area contributed by atoms with Crippen LogP contribution in [0.25, 0.3) is 0 Å². The first kappa shape index (κ1) is 14.9. The molecule has 0 saturated heterocycles. The Morgan fingerprint density at radius 1 is 1.32 bits per heavy atom. The fraction of sp³-hybridized carbons (Fsp3) is 0.615. The van der Waals surface area contributed by atoms with E-state index in [0.717, 1.165) is 12.8 Å². The minimum atomic E-state index is -3.42. The van der Waals surface area contributed by atoms with Gasteiger partial charge in [0.2, 0.25) is 10.0 Å². The van der Waals surface area contributed by atoms with Crippen molar-refractivity contribution in [2.24, 2.45) is 5.92 Å². The maximum Gasteiger partial charge on any atom is 0.244 e. The van der Waals surface area contributed by atoms with E-state index in [1.54, 1.807) is 19.3 Å². The van der Waals surface area contributed by atoms with Crippen LogP contribution in [0.1, 0.15) is 32.1 Å². The van der Waals surface area contributed by atoms with E-state index in [2.05, 4.69) is 20.9 Å². The van der Waals surface area contributed by atoms with E-state index >= 15 is 0 Å². The summed E-state index contributed by atoms with van der Waals surface area (Å²) in [6, 6.07) is 1.60. The first-order chi connectivity index (χ1) is 9.00. The fourth-order valence-corrected chi connectivity index (χ4v) is 4.30. The van der Waals surface area contributed by atoms with Crippen molar-refractivity contribution < 1.29 is 8.42 Å². The molecule has 1 aromatic heterocycles. The monoisotopic (exact) mass is 346 g/mol. The Hall–Kier alpha value is -0.460. The average Bonchev–Trinajstić information content (AvgIpc) is 2.40. The molecule has 1 heterocycles. The van der Waals surface area contributed by atoms with Crippen LogP contribution in [0.4, 0.5) is 0 Å². The minimum Gasteiger partial charge on any atom is -0.262 e. The van der Waals surface area contributed by atoms with Gasteiger partial charge in [-0.3, -0.25) is 4.98 Å². The number of sulfonamides is 1. The molecule has 1 aliphatic carbocycles. The summed E-state index contributed by atoms with van der Waals surface area (Å²) < 4.78 is 27.0. The van der Waals surface area contributed by atoms with Crippen LogP contribution in [0.3, 0.4) is 0 Å². The highest BCUT2D eigenvalue weighted by Gasteiger charge is 2.25. The molecule has 106 valence electrons. The summed E-state index contributed by atoms with van der Waals surface area (Å²) in [4.78, 5) is 4.18. The maximum absolute atomic E-state index is 12.4. The summed E-state index contributed by atoms with van der Waals surface area (Å²) in [5.41, 5.74) is 0. The molecule has 2 rings (SSSR count). The van der Waals surface area contributed by atoms with Crippen molar-refractivity contribution in [1.29, 1.82) is 0 Å². The molecule has 0 N–H and O–H groups in total. The van der Waals surface area contributed by atoms with Crippen molar-refractivity contribution in [2.45, 2.75) is 37.0 Å². The fourth-order valence-electron chi connectivity index (χ4n) is 2.54. The van der Waals surface area contributed by atoms with Gasteiger partial charge < -0.3 is 0 Å². The third kappa shape index (κ3) is 3.77. The zero-order valence-corrected chi connectivity index (χ0v) is 13.5. The molecule has 0 spiro atoms. The van der Waals surface area contributed by atoms with Gasteiger partial charge >= 0.3 is 0 Å². The van der Waals surface area contributed by atoms with Gasteiger partial charge in [-0.05, 0) is 40.8 Å². The number of nitrogens with zero attached hydrogens (tertiary/aromatic N) is 2. The Morgan fingerprint density at radius 2 is 2.00 bits per heavy atom. The van der Waals surface area contributed by atoms with Crippen LogP contribution < -0.4 is 0 Å². The first-order valence-electron chi connectivity index (χ1n) is 6.57. The third-order valence-corrected chi connectivity index (χ3v) is 5.85. The number of halogens is 1. The Bertz CT molecular complexity index is 527. The molecule has 0 unspecified atom stereocenters. The molecule has 0 amide bonds. The van der Waals surface area contributed by atoms with Gasteiger partial charge in [-0.15, -0.1) is 0 Å². The molecule has 0 aromatic carbocycles. The first-order valence-corrected chi connectivity index (χ1v) is 8.80. The molecule has 0 atom stereocenters. The molecule has 4 nitrogen and oxygen atoms in total. The lowest BCUT2D eigenvalue weighted by Gasteiger charge is -2.26. The van der Waals surface area contributed by atoms with Crippen LogP contribution in [0.2, 0.25) is 0 Å². The molecule has 1 aromatic rings. The Balaban J connectivity index is 2.10. The molecular weight excluding hydrogens is 328 g/mol. The Kier molecular flexibility index (Phi) is 4.97. The molecule has 0 aliphatic heterocycles. The zero-order valence-electron chi connectivity index (χ0n) is 11.0. The van der Waals surface area contributed by atoms with Crippen molar-refractivity contribution in [3.63, 3.8) is 0 Å². The number of hydrogen-bond donors (Lipinski definition) is 0. The van der Waals surface area contributed by atoms with Gasteiger partial charge in [0.05, 0.1) is 0 Å². The second-order valence-electron chi connectivity index (χ2n) is 5.13. The minimum absolute atomic E-state index is 0.250. The highest BCUT2D eigenvalue weighted by atomic mass is 79.9. The van der Waals surface area contributed by atoms with Crippen molar-refractivity contribution in [3.05, 3.63) is 22.9 Å². The molecule has 6 heteroatoms. The standard InChI is InChI=1S/C13H19BrN2O2S/c1-16(10-11-5-3-2-4-6-11)19(17,18)13-7-12(14)8-15-9-13/h7-9,11H,2-6,10H2,1H3. The molecule has 0 bridgehead atoms. The third-order valence-electron chi connectivity index (χ3n) is 3.63. The average molecular weight is 347 g/mol. The van der Waals surface area contributed by atoms with E-state index in [9.17, 15) is 8.42 Å². The summed E-state index contributed by atoms with van der Waals surface area (Å²) in [5.74, 6) is 0.494. The second-order valence-corrected chi connectivity index (χ2v) is 8.09. The topological polar surface area (TPSA) is 50.3 Å². The van der Waals surface area contributed by atoms with Crippen LogP contribution >= 0.6 is 15.9 Å². The van der Waals surface area contributed by atoms with Crippen molar-refractivity contribution in [2.75, 3.05) is 13.6 Å². The van der Waals surface area contributed by atoms with Crippen LogP contribution in [-0.2, 0) is 10.0 Å². The summed E-state index contributed by atoms with van der Waals surface area (Å²) >= 11 is 3.26. The van der Waals surface area contributed by atoms with Gasteiger partial charge in [-0.2, -0.15) is 0 Å². The van der Waals surface area contributed by atoms with E-state index in [-0.39, 0.29) is 4.90 Å². The zero-order chi connectivity index (χ0) is 13.9. The maximum atomic E-state index is 12.4. The van der Waals surface area contributed by atoms with Gasteiger partial charge in [0.25, 0.3) is 0 Å². The van der Waals surface area contributed by atoms with Crippen molar-refractivity contribution >= 4 is 26.0 Å². The summed E-state index contributed by atoms with van der Waals surface area (Å²) in [7, 11) is -1.76. The highest BCUT2D eigenvalue weighted by Crippen LogP contribution is 2.26. The quantitative estimate of drug-likeness (QED) is 0.841. The normalized spacial score (nSPS) is 17.8. The van der Waals surface area contributed by atoms with Gasteiger partial charge in [-0.25, -0.2) is 12.7 Å². The molecule has 0 radical (unpaired) electrons. The predicted octanol–water partition coefficient (Wildman–Crippen LogP) is 3.04. The van der Waals surface area contributed by atoms with E-state index in [4.69, 9.17) is 0 Å². The molecule has 1 saturated carbocycles. The number of rotatable bonds is 4. The number of aromatic nitrogens is 1. The second kappa shape index (κ2) is 6.33. The Morgan fingerprint density at radius 3 is 2.63 bits per heavy atom. The molecular formula is C13H19BrN2O2S. The summed E-state index contributed by atoms with van der Waals surface area (Å²) in [6.45, 7) is 0.606. The van der Waals surface area contributed by atoms with Crippen LogP contribution in [0.15, 0.2) is 27.8 Å². The smallest absolute Gasteiger partial charge is 0.244 e. The van der Waals surface area contributed by atoms with Crippen LogP contribution in [0.5, 0.6) is 0 Å². The number of pyridine rings is 1. The van der Waals surface area contributed by atoms with E-state index < -0.39 is 10.0 Å². The predicted molar refractivity (Wildman–Crippen MR) is 78.3 cm³/mol. The largest absolute Gasteiger partial charge is 0.262 e. The summed E-state index contributed by atoms with van der Waals surface area (Å²) in [5, 5.41) is 0. The SMILES string of the molecule is CN(CC1CCCCC1)S(=O)(=O)c1cncc(Br)c1. The lowest BCUT2D eigenvalue weighted by atomic mass is 9.89. The summed E-state index contributed by atoms with van der Waals surface area (Å²) in [6.07, 6.45) is 8.97. The van der Waals surface area contributed by atoms with Crippen LogP contribution in [-0.4, -0.2) is 31.3 Å². The molecule has 19 heavy (non-hydrogen) atoms. The van der Waals surface area contributed by atoms with E-state index in [0.29, 0.717) is 16.9 Å². The lowest BCUT2D eigenvalue weighted by Crippen LogP contribution is -2.32. The van der Waals surface area contributed by atoms with E-state index in [1.807, 2.05) is 0 Å². The Labute approximate surface area is 123 Å². The van der Waals surface area contributed by atoms with E-state index in [1.165, 1.54) is 29.8 Å². The van der Waals surface area contributed by atoms with Gasteiger partial charge in [0.15, 0.2) is 0 Å². The van der Waals surface area contributed by atoms with Crippen molar-refractivity contribution in [3.8, 4) is 0 Å². The van der Waals surface area contributed by atoms with Crippen molar-refractivity contribution in [1.82, 2.24) is 9.29 Å². The van der Waals surface area contributed by atoms with Gasteiger partial charge in [-0.1, -0.05) is 19.3 Å². The molecule has 1 aliphatic rings. The van der Waals surface area contributed by atoms with Gasteiger partial charge in [0, 0.05) is 30.5 Å². The van der Waals surface area contributed by atoms with Gasteiger partial charge in [0.1, 0.15) is 4.90 Å². The lowest BCUT2D eigenvalue weighted by molar-refractivity contribution is 0.300.